The molecule has 1 amide bonds. The average Bonchev–Trinajstić information content (AvgIpc) is 3.45. The van der Waals surface area contributed by atoms with Crippen LogP contribution in [-0.4, -0.2) is 31.7 Å². The molecule has 32 heavy (non-hydrogen) atoms. The Hall–Kier alpha value is -3.58. The van der Waals surface area contributed by atoms with Crippen molar-refractivity contribution in [1.82, 2.24) is 14.1 Å². The lowest BCUT2D eigenvalue weighted by atomic mass is 10.1. The zero-order valence-corrected chi connectivity index (χ0v) is 17.9. The second-order valence-corrected chi connectivity index (χ2v) is 7.86. The molecular weight excluding hydrogens is 404 g/mol. The number of carbonyl (C=O) groups is 1. The predicted molar refractivity (Wildman–Crippen MR) is 123 cm³/mol. The van der Waals surface area contributed by atoms with E-state index >= 15 is 0 Å². The van der Waals surface area contributed by atoms with E-state index < -0.39 is 12.1 Å². The molecule has 166 valence electrons. The van der Waals surface area contributed by atoms with Crippen LogP contribution in [0.3, 0.4) is 0 Å². The van der Waals surface area contributed by atoms with Crippen LogP contribution in [0.25, 0.3) is 10.9 Å². The third-order valence-electron chi connectivity index (χ3n) is 5.53. The minimum atomic E-state index is -0.749. The lowest BCUT2D eigenvalue weighted by molar-refractivity contribution is 0.0905. The van der Waals surface area contributed by atoms with E-state index in [1.54, 1.807) is 0 Å². The number of aromatic nitrogens is 3. The second-order valence-electron chi connectivity index (χ2n) is 7.86. The van der Waals surface area contributed by atoms with Crippen molar-refractivity contribution < 1.29 is 14.6 Å². The summed E-state index contributed by atoms with van der Waals surface area (Å²) in [4.78, 5) is 15.1. The Morgan fingerprint density at radius 2 is 1.97 bits per heavy atom. The van der Waals surface area contributed by atoms with Crippen LogP contribution < -0.4 is 10.5 Å². The standard InChI is InChI=1S/C25H28N4O3/c26-25(31)22-17-29(18-27-22)24(30)9-4-13-28-14-12-20-10-11-21(16-23(20)28)32-15-5-8-19-6-2-1-3-7-19/h1-3,6-7,10-12,14,16-18,24,30H,4-5,8-9,13,15H2,(H2,26,31). The number of imidazole rings is 1. The van der Waals surface area contributed by atoms with E-state index in [0.29, 0.717) is 13.0 Å². The Morgan fingerprint density at radius 1 is 1.12 bits per heavy atom. The molecule has 1 atom stereocenters. The molecule has 2 aromatic heterocycles. The van der Waals surface area contributed by atoms with Crippen LogP contribution in [0, 0.1) is 0 Å². The third-order valence-corrected chi connectivity index (χ3v) is 5.53. The van der Waals surface area contributed by atoms with E-state index in [9.17, 15) is 9.90 Å². The van der Waals surface area contributed by atoms with E-state index in [4.69, 9.17) is 10.5 Å². The number of hydrogen-bond acceptors (Lipinski definition) is 4. The fourth-order valence-corrected chi connectivity index (χ4v) is 3.78. The number of aliphatic hydroxyl groups excluding tert-OH is 1. The maximum Gasteiger partial charge on any atom is 0.268 e. The highest BCUT2D eigenvalue weighted by molar-refractivity contribution is 5.90. The van der Waals surface area contributed by atoms with Gasteiger partial charge in [0.15, 0.2) is 0 Å². The number of nitrogens with two attached hydrogens (primary N) is 1. The lowest BCUT2D eigenvalue weighted by Crippen LogP contribution is -2.12. The van der Waals surface area contributed by atoms with E-state index in [0.717, 1.165) is 42.5 Å². The topological polar surface area (TPSA) is 95.3 Å². The van der Waals surface area contributed by atoms with Gasteiger partial charge in [0.2, 0.25) is 0 Å². The Kier molecular flexibility index (Phi) is 6.87. The number of ether oxygens (including phenoxy) is 1. The molecule has 0 fully saturated rings. The van der Waals surface area contributed by atoms with Crippen molar-refractivity contribution >= 4 is 16.8 Å². The summed E-state index contributed by atoms with van der Waals surface area (Å²) in [6.45, 7) is 1.43. The van der Waals surface area contributed by atoms with Crippen LogP contribution in [0.15, 0.2) is 73.3 Å². The van der Waals surface area contributed by atoms with Gasteiger partial charge in [0.05, 0.1) is 18.5 Å². The number of aryl methyl sites for hydroxylation is 2. The molecule has 7 nitrogen and oxygen atoms in total. The number of primary amides is 1. The highest BCUT2D eigenvalue weighted by Gasteiger charge is 2.11. The number of fused-ring (bicyclic) bond motifs is 1. The molecule has 4 aromatic rings. The largest absolute Gasteiger partial charge is 0.494 e. The van der Waals surface area contributed by atoms with Gasteiger partial charge in [-0.15, -0.1) is 0 Å². The monoisotopic (exact) mass is 432 g/mol. The van der Waals surface area contributed by atoms with Gasteiger partial charge in [0.25, 0.3) is 5.91 Å². The molecule has 0 aliphatic carbocycles. The van der Waals surface area contributed by atoms with Crippen LogP contribution in [0.2, 0.25) is 0 Å². The molecule has 0 aliphatic rings. The van der Waals surface area contributed by atoms with Crippen molar-refractivity contribution in [2.75, 3.05) is 6.61 Å². The fourth-order valence-electron chi connectivity index (χ4n) is 3.78. The number of benzene rings is 2. The van der Waals surface area contributed by atoms with E-state index in [1.165, 1.54) is 22.7 Å². The fraction of sp³-hybridized carbons (Fsp3) is 0.280. The Morgan fingerprint density at radius 3 is 2.75 bits per heavy atom. The van der Waals surface area contributed by atoms with Crippen molar-refractivity contribution in [2.45, 2.75) is 38.5 Å². The first-order valence-corrected chi connectivity index (χ1v) is 10.9. The first kappa shape index (κ1) is 21.6. The Bertz CT molecular complexity index is 1170. The van der Waals surface area contributed by atoms with Gasteiger partial charge in [-0.1, -0.05) is 30.3 Å². The summed E-state index contributed by atoms with van der Waals surface area (Å²) < 4.78 is 9.66. The van der Waals surface area contributed by atoms with Gasteiger partial charge in [0.1, 0.15) is 17.7 Å². The molecule has 4 rings (SSSR count). The molecule has 7 heteroatoms. The van der Waals surface area contributed by atoms with Crippen molar-refractivity contribution in [3.8, 4) is 5.75 Å². The lowest BCUT2D eigenvalue weighted by Gasteiger charge is -2.13. The number of hydrogen-bond donors (Lipinski definition) is 2. The molecule has 0 bridgehead atoms. The van der Waals surface area contributed by atoms with Crippen molar-refractivity contribution in [1.29, 1.82) is 0 Å². The number of amides is 1. The molecular formula is C25H28N4O3. The van der Waals surface area contributed by atoms with Gasteiger partial charge in [-0.3, -0.25) is 4.79 Å². The SMILES string of the molecule is NC(=O)c1cn(C(O)CCCn2ccc3ccc(OCCCc4ccccc4)cc32)cn1. The number of nitrogens with zero attached hydrogens (tertiary/aromatic N) is 3. The molecule has 0 saturated heterocycles. The van der Waals surface area contributed by atoms with Gasteiger partial charge in [-0.25, -0.2) is 4.98 Å². The normalized spacial score (nSPS) is 12.2. The summed E-state index contributed by atoms with van der Waals surface area (Å²) in [7, 11) is 0. The summed E-state index contributed by atoms with van der Waals surface area (Å²) >= 11 is 0. The quantitative estimate of drug-likeness (QED) is 0.351. The van der Waals surface area contributed by atoms with Gasteiger partial charge >= 0.3 is 0 Å². The highest BCUT2D eigenvalue weighted by atomic mass is 16.5. The maximum atomic E-state index is 11.2. The predicted octanol–water partition coefficient (Wildman–Crippen LogP) is 3.92. The third kappa shape index (κ3) is 5.36. The van der Waals surface area contributed by atoms with E-state index in [-0.39, 0.29) is 5.69 Å². The van der Waals surface area contributed by atoms with Gasteiger partial charge in [-0.05, 0) is 54.8 Å². The smallest absolute Gasteiger partial charge is 0.268 e. The number of rotatable bonds is 11. The van der Waals surface area contributed by atoms with Crippen molar-refractivity contribution in [3.63, 3.8) is 0 Å². The summed E-state index contributed by atoms with van der Waals surface area (Å²) in [6.07, 6.45) is 7.46. The van der Waals surface area contributed by atoms with Crippen molar-refractivity contribution in [2.24, 2.45) is 5.73 Å². The first-order valence-electron chi connectivity index (χ1n) is 10.9. The summed E-state index contributed by atoms with van der Waals surface area (Å²) in [5.74, 6) is 0.260. The van der Waals surface area contributed by atoms with Gasteiger partial charge in [-0.2, -0.15) is 0 Å². The minimum absolute atomic E-state index is 0.150. The minimum Gasteiger partial charge on any atom is -0.494 e. The molecule has 0 radical (unpaired) electrons. The molecule has 1 unspecified atom stereocenters. The van der Waals surface area contributed by atoms with Crippen LogP contribution >= 0.6 is 0 Å². The van der Waals surface area contributed by atoms with E-state index in [1.807, 2.05) is 12.1 Å². The first-order chi connectivity index (χ1) is 15.6. The molecule has 0 spiro atoms. The Balaban J connectivity index is 1.29. The summed E-state index contributed by atoms with van der Waals surface area (Å²) in [6, 6.07) is 18.7. The van der Waals surface area contributed by atoms with Crippen LogP contribution in [0.1, 0.15) is 41.5 Å². The molecule has 3 N–H and O–H groups in total. The van der Waals surface area contributed by atoms with Crippen molar-refractivity contribution in [3.05, 3.63) is 84.6 Å². The zero-order valence-electron chi connectivity index (χ0n) is 17.9. The molecule has 0 saturated carbocycles. The summed E-state index contributed by atoms with van der Waals surface area (Å²) in [5, 5.41) is 11.5. The van der Waals surface area contributed by atoms with Crippen LogP contribution in [-0.2, 0) is 13.0 Å². The second kappa shape index (κ2) is 10.2. The summed E-state index contributed by atoms with van der Waals surface area (Å²) in [5.41, 5.74) is 7.79. The maximum absolute atomic E-state index is 11.2. The zero-order chi connectivity index (χ0) is 22.3. The number of carbonyl (C=O) groups excluding carboxylic acids is 1. The Labute approximate surface area is 187 Å². The molecule has 2 aromatic carbocycles. The van der Waals surface area contributed by atoms with Crippen LogP contribution in [0.5, 0.6) is 5.75 Å². The van der Waals surface area contributed by atoms with Gasteiger partial charge < -0.3 is 24.7 Å². The average molecular weight is 433 g/mol. The molecule has 2 heterocycles. The van der Waals surface area contributed by atoms with E-state index in [2.05, 4.69) is 58.2 Å². The van der Waals surface area contributed by atoms with Gasteiger partial charge in [0, 0.05) is 25.0 Å². The number of aliphatic hydroxyl groups is 1. The highest BCUT2D eigenvalue weighted by Crippen LogP contribution is 2.23. The molecule has 0 aliphatic heterocycles. The van der Waals surface area contributed by atoms with Crippen LogP contribution in [0.4, 0.5) is 0 Å².